The Morgan fingerprint density at radius 2 is 1.86 bits per heavy atom. The summed E-state index contributed by atoms with van der Waals surface area (Å²) in [5.74, 6) is 1.39. The van der Waals surface area contributed by atoms with Crippen molar-refractivity contribution in [1.29, 1.82) is 0 Å². The van der Waals surface area contributed by atoms with Crippen LogP contribution in [0.3, 0.4) is 0 Å². The van der Waals surface area contributed by atoms with E-state index in [-0.39, 0.29) is 19.8 Å². The van der Waals surface area contributed by atoms with Crippen LogP contribution in [0.4, 0.5) is 24.7 Å². The number of hydrogen-bond acceptors (Lipinski definition) is 9. The molecule has 0 spiro atoms. The molecule has 12 nitrogen and oxygen atoms in total. The lowest BCUT2D eigenvalue weighted by molar-refractivity contribution is -0.138. The van der Waals surface area contributed by atoms with E-state index in [2.05, 4.69) is 30.4 Å². The summed E-state index contributed by atoms with van der Waals surface area (Å²) in [6.45, 7) is 3.77. The first-order chi connectivity index (χ1) is 21.2. The highest BCUT2D eigenvalue weighted by molar-refractivity contribution is 5.64. The first-order valence-electron chi connectivity index (χ1n) is 13.9. The maximum Gasteiger partial charge on any atom is 0.423 e. The number of anilines is 2. The van der Waals surface area contributed by atoms with Crippen LogP contribution in [0.5, 0.6) is 5.75 Å². The van der Waals surface area contributed by atoms with Crippen molar-refractivity contribution in [2.75, 3.05) is 30.5 Å². The topological polar surface area (TPSA) is 117 Å². The Bertz CT molecular complexity index is 1810. The first-order valence-corrected chi connectivity index (χ1v) is 13.9. The summed E-state index contributed by atoms with van der Waals surface area (Å²) in [7, 11) is 1.51. The van der Waals surface area contributed by atoms with Crippen molar-refractivity contribution < 1.29 is 22.6 Å². The Hall–Kier alpha value is -4.92. The van der Waals surface area contributed by atoms with Crippen LogP contribution >= 0.6 is 0 Å². The van der Waals surface area contributed by atoms with E-state index in [1.807, 2.05) is 27.5 Å². The molecule has 15 heteroatoms. The smallest absolute Gasteiger partial charge is 0.423 e. The van der Waals surface area contributed by atoms with Crippen molar-refractivity contribution in [3.05, 3.63) is 94.2 Å². The van der Waals surface area contributed by atoms with Gasteiger partial charge in [-0.05, 0) is 30.7 Å². The van der Waals surface area contributed by atoms with Gasteiger partial charge in [0.15, 0.2) is 11.5 Å². The van der Waals surface area contributed by atoms with E-state index < -0.39 is 29.0 Å². The molecule has 44 heavy (non-hydrogen) atoms. The number of rotatable bonds is 10. The van der Waals surface area contributed by atoms with Crippen molar-refractivity contribution in [2.24, 2.45) is 0 Å². The minimum Gasteiger partial charge on any atom is -0.497 e. The standard InChI is InChI=1S/C29H30F3N9O3/c1-19(36-24-14-35-41(28(42)25(24)29(30,31)32)15-20-3-5-23(43-2)6-4-20)17-44-18-21-13-22-16-39(11-12-40(22)37-21)27-26-33-7-9-38(26)10-8-34-27/h3-10,13-14,19,36H,11-12,15-18H2,1-2H3/t19-/m0/s1. The Labute approximate surface area is 249 Å². The average molecular weight is 610 g/mol. The van der Waals surface area contributed by atoms with Crippen LogP contribution < -0.4 is 20.5 Å². The summed E-state index contributed by atoms with van der Waals surface area (Å²) in [5, 5.41) is 11.4. The summed E-state index contributed by atoms with van der Waals surface area (Å²) in [6, 6.07) is 8.05. The number of benzene rings is 1. The zero-order valence-electron chi connectivity index (χ0n) is 24.0. The minimum atomic E-state index is -4.88. The lowest BCUT2D eigenvalue weighted by atomic mass is 10.2. The second kappa shape index (κ2) is 12.0. The van der Waals surface area contributed by atoms with E-state index in [9.17, 15) is 18.0 Å². The van der Waals surface area contributed by atoms with E-state index in [0.29, 0.717) is 36.6 Å². The molecule has 6 rings (SSSR count). The third-order valence-electron chi connectivity index (χ3n) is 7.28. The van der Waals surface area contributed by atoms with Gasteiger partial charge in [0, 0.05) is 37.4 Å². The zero-order chi connectivity index (χ0) is 30.8. The van der Waals surface area contributed by atoms with Gasteiger partial charge in [0.25, 0.3) is 5.56 Å². The van der Waals surface area contributed by atoms with E-state index in [1.54, 1.807) is 43.6 Å². The van der Waals surface area contributed by atoms with Crippen LogP contribution in [-0.4, -0.2) is 60.2 Å². The number of methoxy groups -OCH3 is 1. The molecule has 5 aromatic rings. The molecule has 1 N–H and O–H groups in total. The van der Waals surface area contributed by atoms with Gasteiger partial charge >= 0.3 is 6.18 Å². The van der Waals surface area contributed by atoms with Crippen LogP contribution in [0.2, 0.25) is 0 Å². The molecule has 1 aromatic carbocycles. The number of halogens is 3. The molecule has 0 bridgehead atoms. The quantitative estimate of drug-likeness (QED) is 0.254. The predicted octanol–water partition coefficient (Wildman–Crippen LogP) is 3.60. The maximum absolute atomic E-state index is 14.0. The number of hydrogen-bond donors (Lipinski definition) is 1. The first kappa shape index (κ1) is 29.2. The predicted molar refractivity (Wildman–Crippen MR) is 155 cm³/mol. The molecule has 5 heterocycles. The molecule has 0 saturated heterocycles. The third-order valence-corrected chi connectivity index (χ3v) is 7.28. The highest BCUT2D eigenvalue weighted by Gasteiger charge is 2.38. The third kappa shape index (κ3) is 6.08. The van der Waals surface area contributed by atoms with Crippen LogP contribution in [0, 0.1) is 0 Å². The molecule has 0 fully saturated rings. The van der Waals surface area contributed by atoms with Gasteiger partial charge in [-0.2, -0.15) is 23.4 Å². The van der Waals surface area contributed by atoms with Gasteiger partial charge < -0.3 is 24.1 Å². The number of imidazole rings is 1. The number of alkyl halides is 3. The Balaban J connectivity index is 1.07. The van der Waals surface area contributed by atoms with Gasteiger partial charge in [0.05, 0.1) is 63.2 Å². The van der Waals surface area contributed by atoms with Crippen LogP contribution in [0.25, 0.3) is 5.65 Å². The average Bonchev–Trinajstić information content (AvgIpc) is 3.64. The molecule has 1 aliphatic heterocycles. The Kier molecular flexibility index (Phi) is 7.95. The molecular weight excluding hydrogens is 579 g/mol. The van der Waals surface area contributed by atoms with Gasteiger partial charge in [-0.25, -0.2) is 14.6 Å². The van der Waals surface area contributed by atoms with Gasteiger partial charge in [0.1, 0.15) is 11.3 Å². The molecule has 0 saturated carbocycles. The second-order valence-corrected chi connectivity index (χ2v) is 10.5. The van der Waals surface area contributed by atoms with Crippen molar-refractivity contribution in [1.82, 2.24) is 33.9 Å². The molecule has 0 radical (unpaired) electrons. The molecular formula is C29H30F3N9O3. The van der Waals surface area contributed by atoms with Crippen molar-refractivity contribution in [3.63, 3.8) is 0 Å². The summed E-state index contributed by atoms with van der Waals surface area (Å²) in [5.41, 5.74) is 0.152. The summed E-state index contributed by atoms with van der Waals surface area (Å²) in [4.78, 5) is 23.9. The SMILES string of the molecule is COc1ccc(Cn2ncc(N[C@@H](C)COCc3cc4n(n3)CCN(c3nccn5ccnc35)C4)c(C(F)(F)F)c2=O)cc1. The van der Waals surface area contributed by atoms with Gasteiger partial charge in [0.2, 0.25) is 0 Å². The van der Waals surface area contributed by atoms with E-state index in [1.165, 1.54) is 7.11 Å². The lowest BCUT2D eigenvalue weighted by Gasteiger charge is -2.28. The van der Waals surface area contributed by atoms with Crippen molar-refractivity contribution in [3.8, 4) is 5.75 Å². The molecule has 1 atom stereocenters. The van der Waals surface area contributed by atoms with Gasteiger partial charge in [-0.1, -0.05) is 12.1 Å². The van der Waals surface area contributed by atoms with E-state index in [0.717, 1.165) is 28.0 Å². The number of nitrogens with one attached hydrogen (secondary N) is 1. The lowest BCUT2D eigenvalue weighted by Crippen LogP contribution is -2.34. The molecule has 0 amide bonds. The van der Waals surface area contributed by atoms with Crippen LogP contribution in [0.1, 0.15) is 29.4 Å². The summed E-state index contributed by atoms with van der Waals surface area (Å²) in [6.07, 6.45) is 3.34. The van der Waals surface area contributed by atoms with Crippen LogP contribution in [-0.2, 0) is 37.2 Å². The Morgan fingerprint density at radius 1 is 1.09 bits per heavy atom. The monoisotopic (exact) mass is 609 g/mol. The van der Waals surface area contributed by atoms with Gasteiger partial charge in [-0.3, -0.25) is 9.48 Å². The highest BCUT2D eigenvalue weighted by Crippen LogP contribution is 2.32. The fourth-order valence-electron chi connectivity index (χ4n) is 5.18. The molecule has 0 unspecified atom stereocenters. The Morgan fingerprint density at radius 3 is 2.61 bits per heavy atom. The minimum absolute atomic E-state index is 0.0757. The van der Waals surface area contributed by atoms with E-state index in [4.69, 9.17) is 9.47 Å². The van der Waals surface area contributed by atoms with Crippen LogP contribution in [0.15, 0.2) is 66.1 Å². The number of ether oxygens (including phenoxy) is 2. The summed E-state index contributed by atoms with van der Waals surface area (Å²) >= 11 is 0. The van der Waals surface area contributed by atoms with Crippen molar-refractivity contribution >= 4 is 17.2 Å². The van der Waals surface area contributed by atoms with Crippen molar-refractivity contribution in [2.45, 2.75) is 45.4 Å². The van der Waals surface area contributed by atoms with Gasteiger partial charge in [-0.15, -0.1) is 0 Å². The fraction of sp³-hybridized carbons (Fsp3) is 0.345. The largest absolute Gasteiger partial charge is 0.497 e. The number of nitrogens with zero attached hydrogens (tertiary/aromatic N) is 8. The molecule has 230 valence electrons. The number of aromatic nitrogens is 7. The molecule has 1 aliphatic rings. The van der Waals surface area contributed by atoms with E-state index >= 15 is 0 Å². The highest BCUT2D eigenvalue weighted by atomic mass is 19.4. The second-order valence-electron chi connectivity index (χ2n) is 10.5. The maximum atomic E-state index is 14.0. The molecule has 4 aromatic heterocycles. The normalized spacial score (nSPS) is 14.1. The number of fused-ring (bicyclic) bond motifs is 2. The fourth-order valence-corrected chi connectivity index (χ4v) is 5.18. The summed E-state index contributed by atoms with van der Waals surface area (Å²) < 4.78 is 57.6. The zero-order valence-corrected chi connectivity index (χ0v) is 24.0. The molecule has 0 aliphatic carbocycles.